The van der Waals surface area contributed by atoms with Crippen molar-refractivity contribution in [2.24, 2.45) is 12.1 Å². The van der Waals surface area contributed by atoms with Crippen LogP contribution in [0.2, 0.25) is 0 Å². The molecule has 1 amide bonds. The molecule has 0 saturated carbocycles. The number of carbonyl (C=O) groups excluding carboxylic acids is 1. The zero-order chi connectivity index (χ0) is 19.6. The van der Waals surface area contributed by atoms with Gasteiger partial charge in [-0.15, -0.1) is 0 Å². The number of rotatable bonds is 6. The monoisotopic (exact) mass is 376 g/mol. The van der Waals surface area contributed by atoms with Gasteiger partial charge in [-0.1, -0.05) is 4.98 Å². The van der Waals surface area contributed by atoms with Gasteiger partial charge in [-0.25, -0.2) is 14.8 Å². The molecule has 3 aromatic rings. The molecule has 0 unspecified atom stereocenters. The largest absolute Gasteiger partial charge is 0.491 e. The van der Waals surface area contributed by atoms with E-state index in [-0.39, 0.29) is 17.9 Å². The molecule has 14 heteroatoms. The molecular formula is C13H13FN10O3. The Labute approximate surface area is 150 Å². The first-order chi connectivity index (χ1) is 12.8. The number of hydrazone groups is 1. The lowest BCUT2D eigenvalue weighted by atomic mass is 10.3. The average molecular weight is 376 g/mol. The SMILES string of the molecule is Cc1nn(C)c(F)c1/C=N/NC(=O)c1ccn(Cn2cnc([N+](=O)[O-])n2)n1. The van der Waals surface area contributed by atoms with Crippen molar-refractivity contribution in [1.29, 1.82) is 0 Å². The summed E-state index contributed by atoms with van der Waals surface area (Å²) in [5.41, 5.74) is 2.87. The van der Waals surface area contributed by atoms with Gasteiger partial charge in [-0.2, -0.15) is 24.4 Å². The summed E-state index contributed by atoms with van der Waals surface area (Å²) < 4.78 is 17.4. The summed E-state index contributed by atoms with van der Waals surface area (Å²) in [6, 6.07) is 1.42. The van der Waals surface area contributed by atoms with Crippen LogP contribution in [0.4, 0.5) is 10.3 Å². The van der Waals surface area contributed by atoms with Crippen molar-refractivity contribution in [3.63, 3.8) is 0 Å². The molecule has 0 bridgehead atoms. The van der Waals surface area contributed by atoms with Crippen LogP contribution < -0.4 is 5.43 Å². The van der Waals surface area contributed by atoms with Gasteiger partial charge in [-0.3, -0.25) is 4.79 Å². The summed E-state index contributed by atoms with van der Waals surface area (Å²) in [6.45, 7) is 1.64. The Morgan fingerprint density at radius 1 is 1.41 bits per heavy atom. The first kappa shape index (κ1) is 17.8. The second-order valence-electron chi connectivity index (χ2n) is 5.34. The molecule has 3 aromatic heterocycles. The minimum Gasteiger partial charge on any atom is -0.390 e. The highest BCUT2D eigenvalue weighted by Gasteiger charge is 2.15. The van der Waals surface area contributed by atoms with Gasteiger partial charge in [0.2, 0.25) is 12.3 Å². The number of halogens is 1. The molecule has 140 valence electrons. The lowest BCUT2D eigenvalue weighted by Gasteiger charge is -1.98. The van der Waals surface area contributed by atoms with Crippen LogP contribution in [-0.4, -0.2) is 51.4 Å². The van der Waals surface area contributed by atoms with Gasteiger partial charge in [0.1, 0.15) is 0 Å². The number of nitrogens with one attached hydrogen (secondary N) is 1. The van der Waals surface area contributed by atoms with Crippen LogP contribution in [0.1, 0.15) is 21.7 Å². The molecule has 0 aliphatic rings. The summed E-state index contributed by atoms with van der Waals surface area (Å²) in [5, 5.41) is 25.8. The van der Waals surface area contributed by atoms with Crippen molar-refractivity contribution in [3.8, 4) is 0 Å². The molecule has 0 aliphatic carbocycles. The van der Waals surface area contributed by atoms with Crippen LogP contribution in [0.15, 0.2) is 23.7 Å². The predicted octanol–water partition coefficient (Wildman–Crippen LogP) is -0.166. The van der Waals surface area contributed by atoms with Gasteiger partial charge >= 0.3 is 5.95 Å². The molecule has 0 radical (unpaired) electrons. The first-order valence-corrected chi connectivity index (χ1v) is 7.45. The number of hydrogen-bond donors (Lipinski definition) is 1. The van der Waals surface area contributed by atoms with E-state index in [4.69, 9.17) is 0 Å². The van der Waals surface area contributed by atoms with E-state index in [0.717, 1.165) is 10.9 Å². The summed E-state index contributed by atoms with van der Waals surface area (Å²) in [6.07, 6.45) is 3.81. The lowest BCUT2D eigenvalue weighted by molar-refractivity contribution is -0.394. The first-order valence-electron chi connectivity index (χ1n) is 7.45. The smallest absolute Gasteiger partial charge is 0.390 e. The molecule has 13 nitrogen and oxygen atoms in total. The van der Waals surface area contributed by atoms with Gasteiger partial charge < -0.3 is 10.1 Å². The van der Waals surface area contributed by atoms with Gasteiger partial charge in [0.15, 0.2) is 12.4 Å². The third kappa shape index (κ3) is 3.83. The van der Waals surface area contributed by atoms with Crippen LogP contribution in [-0.2, 0) is 13.7 Å². The Bertz CT molecular complexity index is 1030. The highest BCUT2D eigenvalue weighted by molar-refractivity contribution is 5.93. The van der Waals surface area contributed by atoms with Crippen molar-refractivity contribution >= 4 is 18.1 Å². The highest BCUT2D eigenvalue weighted by Crippen LogP contribution is 2.08. The molecule has 0 saturated heterocycles. The van der Waals surface area contributed by atoms with Crippen LogP contribution in [0.3, 0.4) is 0 Å². The second kappa shape index (κ2) is 7.11. The summed E-state index contributed by atoms with van der Waals surface area (Å²) in [7, 11) is 1.45. The Balaban J connectivity index is 1.62. The Kier molecular flexibility index (Phi) is 4.69. The van der Waals surface area contributed by atoms with Gasteiger partial charge in [0.25, 0.3) is 5.91 Å². The Morgan fingerprint density at radius 3 is 2.81 bits per heavy atom. The van der Waals surface area contributed by atoms with E-state index in [0.29, 0.717) is 5.69 Å². The van der Waals surface area contributed by atoms with Crippen molar-refractivity contribution < 1.29 is 14.1 Å². The molecule has 0 atom stereocenters. The molecular weight excluding hydrogens is 363 g/mol. The highest BCUT2D eigenvalue weighted by atomic mass is 19.1. The summed E-state index contributed by atoms with van der Waals surface area (Å²) >= 11 is 0. The van der Waals surface area contributed by atoms with E-state index < -0.39 is 22.7 Å². The van der Waals surface area contributed by atoms with Crippen molar-refractivity contribution in [2.45, 2.75) is 13.6 Å². The maximum Gasteiger partial charge on any atom is 0.491 e. The topological polar surface area (TPSA) is 151 Å². The number of aromatic nitrogens is 7. The molecule has 27 heavy (non-hydrogen) atoms. The zero-order valence-corrected chi connectivity index (χ0v) is 14.1. The normalized spacial score (nSPS) is 11.2. The predicted molar refractivity (Wildman–Crippen MR) is 87.3 cm³/mol. The molecule has 0 aromatic carbocycles. The van der Waals surface area contributed by atoms with Gasteiger partial charge in [0.05, 0.1) is 17.5 Å². The number of hydrogen-bond acceptors (Lipinski definition) is 8. The Morgan fingerprint density at radius 2 is 2.19 bits per heavy atom. The summed E-state index contributed by atoms with van der Waals surface area (Å²) in [5.74, 6) is -1.72. The standard InChI is InChI=1S/C13H13FN10O3/c1-8-9(11(14)21(2)18-8)5-16-17-12(25)10-3-4-22(19-10)7-23-6-15-13(20-23)24(26)27/h3-6H,7H2,1-2H3,(H,17,25)/b16-5+. The lowest BCUT2D eigenvalue weighted by Crippen LogP contribution is -2.19. The molecule has 0 fully saturated rings. The van der Waals surface area contributed by atoms with Crippen LogP contribution in [0.25, 0.3) is 0 Å². The maximum atomic E-state index is 13.8. The van der Waals surface area contributed by atoms with E-state index in [1.165, 1.54) is 35.0 Å². The number of carbonyl (C=O) groups is 1. The van der Waals surface area contributed by atoms with Crippen LogP contribution >= 0.6 is 0 Å². The van der Waals surface area contributed by atoms with Gasteiger partial charge in [-0.05, 0) is 17.9 Å². The Hall–Kier alpha value is -3.97. The summed E-state index contributed by atoms with van der Waals surface area (Å²) in [4.78, 5) is 25.4. The third-order valence-electron chi connectivity index (χ3n) is 3.41. The fraction of sp³-hybridized carbons (Fsp3) is 0.231. The number of nitrogens with zero attached hydrogens (tertiary/aromatic N) is 9. The molecule has 3 heterocycles. The maximum absolute atomic E-state index is 13.8. The van der Waals surface area contributed by atoms with E-state index >= 15 is 0 Å². The van der Waals surface area contributed by atoms with Crippen molar-refractivity contribution in [3.05, 3.63) is 51.6 Å². The fourth-order valence-corrected chi connectivity index (χ4v) is 2.15. The van der Waals surface area contributed by atoms with Crippen LogP contribution in [0, 0.1) is 23.0 Å². The quantitative estimate of drug-likeness (QED) is 0.356. The van der Waals surface area contributed by atoms with E-state index in [1.54, 1.807) is 6.92 Å². The minimum absolute atomic E-state index is 0.0253. The van der Waals surface area contributed by atoms with Crippen molar-refractivity contribution in [2.75, 3.05) is 0 Å². The molecule has 0 aliphatic heterocycles. The number of amides is 1. The van der Waals surface area contributed by atoms with E-state index in [1.807, 2.05) is 0 Å². The van der Waals surface area contributed by atoms with Crippen LogP contribution in [0.5, 0.6) is 0 Å². The molecule has 3 rings (SSSR count). The minimum atomic E-state index is -0.719. The number of nitro groups is 1. The average Bonchev–Trinajstić information content (AvgIpc) is 3.32. The van der Waals surface area contributed by atoms with Crippen molar-refractivity contribution in [1.82, 2.24) is 39.8 Å². The molecule has 1 N–H and O–H groups in total. The fourth-order valence-electron chi connectivity index (χ4n) is 2.15. The van der Waals surface area contributed by atoms with E-state index in [2.05, 4.69) is 30.8 Å². The zero-order valence-electron chi connectivity index (χ0n) is 14.1. The second-order valence-corrected chi connectivity index (χ2v) is 5.34. The third-order valence-corrected chi connectivity index (χ3v) is 3.41. The molecule has 0 spiro atoms. The van der Waals surface area contributed by atoms with Gasteiger partial charge in [0, 0.05) is 18.3 Å². The number of aryl methyl sites for hydroxylation is 2. The van der Waals surface area contributed by atoms with E-state index in [9.17, 15) is 19.3 Å².